The van der Waals surface area contributed by atoms with Gasteiger partial charge < -0.3 is 10.0 Å². The molecule has 72 valence electrons. The van der Waals surface area contributed by atoms with Crippen molar-refractivity contribution in [3.05, 3.63) is 24.3 Å². The number of para-hydroxylation sites is 1. The second-order valence-corrected chi connectivity index (χ2v) is 4.53. The van der Waals surface area contributed by atoms with Gasteiger partial charge >= 0.3 is 0 Å². The number of hydrogen-bond donors (Lipinski definition) is 1. The Balaban J connectivity index is 1.99. The second-order valence-electron chi connectivity index (χ2n) is 3.52. The number of rotatable bonds is 1. The van der Waals surface area contributed by atoms with Crippen molar-refractivity contribution in [1.29, 1.82) is 0 Å². The summed E-state index contributed by atoms with van der Waals surface area (Å²) in [7, 11) is 0. The van der Waals surface area contributed by atoms with Crippen LogP contribution in [0.1, 0.15) is 0 Å². The van der Waals surface area contributed by atoms with Crippen LogP contribution in [0.5, 0.6) is 0 Å². The highest BCUT2D eigenvalue weighted by Crippen LogP contribution is 2.30. The molecule has 0 aliphatic carbocycles. The van der Waals surface area contributed by atoms with Gasteiger partial charge in [0.05, 0.1) is 16.3 Å². The van der Waals surface area contributed by atoms with Crippen LogP contribution >= 0.6 is 11.3 Å². The Morgan fingerprint density at radius 1 is 1.36 bits per heavy atom. The Bertz CT molecular complexity index is 429. The van der Waals surface area contributed by atoms with Crippen LogP contribution in [0.3, 0.4) is 0 Å². The van der Waals surface area contributed by atoms with Gasteiger partial charge in [0.15, 0.2) is 5.13 Å². The van der Waals surface area contributed by atoms with Crippen molar-refractivity contribution in [3.8, 4) is 0 Å². The lowest BCUT2D eigenvalue weighted by molar-refractivity contribution is 0.142. The molecule has 0 spiro atoms. The van der Waals surface area contributed by atoms with Gasteiger partial charge in [-0.3, -0.25) is 0 Å². The van der Waals surface area contributed by atoms with E-state index in [2.05, 4.69) is 16.0 Å². The van der Waals surface area contributed by atoms with E-state index in [-0.39, 0.29) is 6.10 Å². The summed E-state index contributed by atoms with van der Waals surface area (Å²) >= 11 is 1.69. The summed E-state index contributed by atoms with van der Waals surface area (Å²) < 4.78 is 1.21. The third-order valence-electron chi connectivity index (χ3n) is 2.42. The molecule has 0 bridgehead atoms. The molecule has 2 heterocycles. The molecule has 1 N–H and O–H groups in total. The summed E-state index contributed by atoms with van der Waals surface area (Å²) in [5.74, 6) is 0. The highest BCUT2D eigenvalue weighted by molar-refractivity contribution is 7.22. The maximum atomic E-state index is 9.19. The molecular weight excluding hydrogens is 196 g/mol. The normalized spacial score (nSPS) is 17.4. The molecule has 1 saturated heterocycles. The fourth-order valence-corrected chi connectivity index (χ4v) is 2.59. The number of benzene rings is 1. The molecule has 1 aliphatic heterocycles. The predicted molar refractivity (Wildman–Crippen MR) is 57.8 cm³/mol. The first-order valence-electron chi connectivity index (χ1n) is 4.61. The van der Waals surface area contributed by atoms with Crippen molar-refractivity contribution in [2.24, 2.45) is 0 Å². The van der Waals surface area contributed by atoms with Crippen molar-refractivity contribution in [1.82, 2.24) is 4.98 Å². The Hall–Kier alpha value is -1.13. The third kappa shape index (κ3) is 1.19. The number of aromatic nitrogens is 1. The SMILES string of the molecule is OC1CN(c2nc3ccccc3s2)C1. The van der Waals surface area contributed by atoms with Crippen molar-refractivity contribution in [2.45, 2.75) is 6.10 Å². The molecule has 1 aromatic carbocycles. The van der Waals surface area contributed by atoms with Gasteiger partial charge in [0.25, 0.3) is 0 Å². The topological polar surface area (TPSA) is 36.4 Å². The monoisotopic (exact) mass is 206 g/mol. The van der Waals surface area contributed by atoms with Crippen LogP contribution in [0.2, 0.25) is 0 Å². The molecule has 1 aromatic heterocycles. The number of thiazole rings is 1. The fourth-order valence-electron chi connectivity index (χ4n) is 1.61. The van der Waals surface area contributed by atoms with E-state index in [1.165, 1.54) is 4.70 Å². The van der Waals surface area contributed by atoms with Crippen LogP contribution < -0.4 is 4.90 Å². The average Bonchev–Trinajstić information content (AvgIpc) is 2.55. The van der Waals surface area contributed by atoms with Crippen LogP contribution in [0, 0.1) is 0 Å². The van der Waals surface area contributed by atoms with E-state index >= 15 is 0 Å². The van der Waals surface area contributed by atoms with Crippen LogP contribution in [-0.4, -0.2) is 29.3 Å². The summed E-state index contributed by atoms with van der Waals surface area (Å²) in [6.07, 6.45) is -0.165. The van der Waals surface area contributed by atoms with E-state index in [9.17, 15) is 5.11 Å². The van der Waals surface area contributed by atoms with Crippen LogP contribution in [-0.2, 0) is 0 Å². The third-order valence-corrected chi connectivity index (χ3v) is 3.51. The lowest BCUT2D eigenvalue weighted by Gasteiger charge is -2.35. The lowest BCUT2D eigenvalue weighted by atomic mass is 10.2. The summed E-state index contributed by atoms with van der Waals surface area (Å²) in [5.41, 5.74) is 1.05. The van der Waals surface area contributed by atoms with Crippen LogP contribution in [0.15, 0.2) is 24.3 Å². The minimum Gasteiger partial charge on any atom is -0.389 e. The molecular formula is C10H10N2OS. The molecule has 3 rings (SSSR count). The van der Waals surface area contributed by atoms with Gasteiger partial charge in [0.1, 0.15) is 0 Å². The number of aliphatic hydroxyl groups excluding tert-OH is 1. The molecule has 4 heteroatoms. The van der Waals surface area contributed by atoms with E-state index in [1.54, 1.807) is 11.3 Å². The molecule has 2 aromatic rings. The maximum Gasteiger partial charge on any atom is 0.186 e. The van der Waals surface area contributed by atoms with Gasteiger partial charge in [0, 0.05) is 13.1 Å². The zero-order valence-corrected chi connectivity index (χ0v) is 8.37. The molecule has 14 heavy (non-hydrogen) atoms. The predicted octanol–water partition coefficient (Wildman–Crippen LogP) is 1.48. The number of β-amino-alcohol motifs (C(OH)–C–C–N with tert-alkyl or cyclic N) is 1. The molecule has 1 aliphatic rings. The van der Waals surface area contributed by atoms with E-state index in [0.29, 0.717) is 0 Å². The Kier molecular flexibility index (Phi) is 1.72. The minimum absolute atomic E-state index is 0.165. The fraction of sp³-hybridized carbons (Fsp3) is 0.300. The average molecular weight is 206 g/mol. The summed E-state index contributed by atoms with van der Waals surface area (Å²) in [6, 6.07) is 8.12. The maximum absolute atomic E-state index is 9.19. The molecule has 0 saturated carbocycles. The number of anilines is 1. The van der Waals surface area contributed by atoms with E-state index in [4.69, 9.17) is 0 Å². The Morgan fingerprint density at radius 2 is 2.14 bits per heavy atom. The highest BCUT2D eigenvalue weighted by atomic mass is 32.1. The van der Waals surface area contributed by atoms with Gasteiger partial charge in [-0.25, -0.2) is 4.98 Å². The van der Waals surface area contributed by atoms with E-state index in [0.717, 1.165) is 23.7 Å². The smallest absolute Gasteiger partial charge is 0.186 e. The number of fused-ring (bicyclic) bond motifs is 1. The zero-order chi connectivity index (χ0) is 9.54. The molecule has 0 unspecified atom stereocenters. The first-order valence-corrected chi connectivity index (χ1v) is 5.43. The number of hydrogen-bond acceptors (Lipinski definition) is 4. The van der Waals surface area contributed by atoms with Crippen molar-refractivity contribution in [2.75, 3.05) is 18.0 Å². The summed E-state index contributed by atoms with van der Waals surface area (Å²) in [5, 5.41) is 10.2. The van der Waals surface area contributed by atoms with Crippen molar-refractivity contribution < 1.29 is 5.11 Å². The Morgan fingerprint density at radius 3 is 2.86 bits per heavy atom. The molecule has 1 fully saturated rings. The van der Waals surface area contributed by atoms with Gasteiger partial charge in [-0.2, -0.15) is 0 Å². The number of nitrogens with zero attached hydrogens (tertiary/aromatic N) is 2. The van der Waals surface area contributed by atoms with Crippen molar-refractivity contribution >= 4 is 26.7 Å². The molecule has 3 nitrogen and oxygen atoms in total. The quantitative estimate of drug-likeness (QED) is 0.767. The first-order chi connectivity index (χ1) is 6.83. The molecule has 0 amide bonds. The van der Waals surface area contributed by atoms with Crippen LogP contribution in [0.25, 0.3) is 10.2 Å². The van der Waals surface area contributed by atoms with Gasteiger partial charge in [-0.1, -0.05) is 23.5 Å². The largest absolute Gasteiger partial charge is 0.389 e. The molecule has 0 atom stereocenters. The zero-order valence-electron chi connectivity index (χ0n) is 7.55. The van der Waals surface area contributed by atoms with E-state index in [1.807, 2.05) is 18.2 Å². The first kappa shape index (κ1) is 8.20. The van der Waals surface area contributed by atoms with Gasteiger partial charge in [-0.05, 0) is 12.1 Å². The summed E-state index contributed by atoms with van der Waals surface area (Å²) in [6.45, 7) is 1.44. The second kappa shape index (κ2) is 2.93. The van der Waals surface area contributed by atoms with Gasteiger partial charge in [0.2, 0.25) is 0 Å². The van der Waals surface area contributed by atoms with Crippen molar-refractivity contribution in [3.63, 3.8) is 0 Å². The highest BCUT2D eigenvalue weighted by Gasteiger charge is 2.26. The summed E-state index contributed by atoms with van der Waals surface area (Å²) in [4.78, 5) is 6.61. The molecule has 0 radical (unpaired) electrons. The number of aliphatic hydroxyl groups is 1. The van der Waals surface area contributed by atoms with E-state index < -0.39 is 0 Å². The van der Waals surface area contributed by atoms with Gasteiger partial charge in [-0.15, -0.1) is 0 Å². The van der Waals surface area contributed by atoms with Crippen LogP contribution in [0.4, 0.5) is 5.13 Å². The lowest BCUT2D eigenvalue weighted by Crippen LogP contribution is -2.50. The standard InChI is InChI=1S/C10H10N2OS/c13-7-5-12(6-7)10-11-8-3-1-2-4-9(8)14-10/h1-4,7,13H,5-6H2. The minimum atomic E-state index is -0.165. The Labute approximate surface area is 85.6 Å².